The van der Waals surface area contributed by atoms with Crippen LogP contribution in [0.2, 0.25) is 0 Å². The van der Waals surface area contributed by atoms with Crippen LogP contribution in [0.3, 0.4) is 0 Å². The summed E-state index contributed by atoms with van der Waals surface area (Å²) in [5.74, 6) is 1.74. The first-order valence-electron chi connectivity index (χ1n) is 11.3. The van der Waals surface area contributed by atoms with Gasteiger partial charge < -0.3 is 4.74 Å². The molecule has 0 N–H and O–H groups in total. The molecule has 2 aliphatic carbocycles. The molecule has 0 amide bonds. The van der Waals surface area contributed by atoms with Gasteiger partial charge in [-0.2, -0.15) is 0 Å². The van der Waals surface area contributed by atoms with Crippen LogP contribution in [0, 0.1) is 11.7 Å². The number of ether oxygens (including phenoxy) is 1. The average molecular weight is 393 g/mol. The summed E-state index contributed by atoms with van der Waals surface area (Å²) in [6.07, 6.45) is 13.7. The van der Waals surface area contributed by atoms with E-state index >= 15 is 0 Å². The number of aryl methyl sites for hydroxylation is 1. The lowest BCUT2D eigenvalue weighted by Gasteiger charge is -2.29. The Morgan fingerprint density at radius 3 is 2.45 bits per heavy atom. The summed E-state index contributed by atoms with van der Waals surface area (Å²) in [6, 6.07) is 12.7. The van der Waals surface area contributed by atoms with Gasteiger partial charge in [0, 0.05) is 0 Å². The van der Waals surface area contributed by atoms with E-state index in [1.807, 2.05) is 6.07 Å². The standard InChI is InChI=1S/C27H33FO/c1-3-4-5-19-6-8-20(9-7-19)21-10-12-22(13-11-21)23-14-15-24-18-27(29-2)26(28)17-25(24)16-23/h10-13,16-20H,3-9,14-15H2,1-2H3. The molecule has 0 atom stereocenters. The van der Waals surface area contributed by atoms with E-state index in [9.17, 15) is 4.39 Å². The minimum Gasteiger partial charge on any atom is -0.494 e. The van der Waals surface area contributed by atoms with Crippen LogP contribution in [0.4, 0.5) is 4.39 Å². The molecule has 0 unspecified atom stereocenters. The van der Waals surface area contributed by atoms with Gasteiger partial charge in [0.1, 0.15) is 0 Å². The summed E-state index contributed by atoms with van der Waals surface area (Å²) in [6.45, 7) is 2.29. The van der Waals surface area contributed by atoms with Gasteiger partial charge >= 0.3 is 0 Å². The Kier molecular flexibility index (Phi) is 6.37. The fourth-order valence-corrected chi connectivity index (χ4v) is 5.12. The van der Waals surface area contributed by atoms with Gasteiger partial charge in [-0.1, -0.05) is 56.5 Å². The van der Waals surface area contributed by atoms with Crippen molar-refractivity contribution in [2.45, 2.75) is 70.6 Å². The molecule has 154 valence electrons. The first-order valence-corrected chi connectivity index (χ1v) is 11.3. The molecule has 1 saturated carbocycles. The van der Waals surface area contributed by atoms with Crippen LogP contribution in [0.25, 0.3) is 11.6 Å². The number of hydrogen-bond acceptors (Lipinski definition) is 1. The number of allylic oxidation sites excluding steroid dienone is 1. The normalized spacial score (nSPS) is 21.4. The maximum Gasteiger partial charge on any atom is 0.165 e. The van der Waals surface area contributed by atoms with Crippen molar-refractivity contribution >= 4 is 11.6 Å². The summed E-state index contributed by atoms with van der Waals surface area (Å²) in [7, 11) is 1.52. The predicted molar refractivity (Wildman–Crippen MR) is 120 cm³/mol. The van der Waals surface area contributed by atoms with Gasteiger partial charge in [-0.25, -0.2) is 4.39 Å². The Morgan fingerprint density at radius 2 is 1.76 bits per heavy atom. The van der Waals surface area contributed by atoms with Crippen molar-refractivity contribution < 1.29 is 9.13 Å². The number of rotatable bonds is 6. The first-order chi connectivity index (χ1) is 14.2. The maximum absolute atomic E-state index is 14.1. The summed E-state index contributed by atoms with van der Waals surface area (Å²) in [5, 5.41) is 0. The van der Waals surface area contributed by atoms with Gasteiger partial charge in [0.15, 0.2) is 11.6 Å². The van der Waals surface area contributed by atoms with Crippen molar-refractivity contribution in [3.63, 3.8) is 0 Å². The molecule has 0 bridgehead atoms. The molecular formula is C27H33FO. The maximum atomic E-state index is 14.1. The number of unbranched alkanes of at least 4 members (excludes halogenated alkanes) is 1. The zero-order valence-corrected chi connectivity index (χ0v) is 17.8. The van der Waals surface area contributed by atoms with Crippen LogP contribution < -0.4 is 4.74 Å². The van der Waals surface area contributed by atoms with E-state index < -0.39 is 0 Å². The molecule has 0 aromatic heterocycles. The van der Waals surface area contributed by atoms with Crippen molar-refractivity contribution in [3.05, 3.63) is 64.5 Å². The van der Waals surface area contributed by atoms with Crippen LogP contribution >= 0.6 is 0 Å². The Morgan fingerprint density at radius 1 is 1.00 bits per heavy atom. The molecule has 1 fully saturated rings. The Balaban J connectivity index is 1.44. The molecule has 2 aromatic rings. The number of benzene rings is 2. The molecule has 0 saturated heterocycles. The lowest BCUT2D eigenvalue weighted by molar-refractivity contribution is 0.304. The fraction of sp³-hybridized carbons (Fsp3) is 0.481. The largest absolute Gasteiger partial charge is 0.494 e. The van der Waals surface area contributed by atoms with Crippen LogP contribution in [-0.4, -0.2) is 7.11 Å². The van der Waals surface area contributed by atoms with E-state index in [-0.39, 0.29) is 5.82 Å². The molecule has 0 radical (unpaired) electrons. The molecule has 2 aromatic carbocycles. The first kappa shape index (κ1) is 20.2. The number of hydrogen-bond donors (Lipinski definition) is 0. The van der Waals surface area contributed by atoms with Crippen molar-refractivity contribution in [3.8, 4) is 5.75 Å². The topological polar surface area (TPSA) is 9.23 Å². The van der Waals surface area contributed by atoms with Crippen LogP contribution in [0.15, 0.2) is 36.4 Å². The molecule has 0 heterocycles. The Bertz CT molecular complexity index is 857. The van der Waals surface area contributed by atoms with Gasteiger partial charge in [0.25, 0.3) is 0 Å². The van der Waals surface area contributed by atoms with Gasteiger partial charge in [-0.3, -0.25) is 0 Å². The fourth-order valence-electron chi connectivity index (χ4n) is 5.12. The third-order valence-electron chi connectivity index (χ3n) is 6.97. The summed E-state index contributed by atoms with van der Waals surface area (Å²) in [5.41, 5.74) is 6.22. The van der Waals surface area contributed by atoms with Crippen LogP contribution in [-0.2, 0) is 6.42 Å². The highest BCUT2D eigenvalue weighted by Gasteiger charge is 2.22. The highest BCUT2D eigenvalue weighted by Crippen LogP contribution is 2.39. The zero-order valence-electron chi connectivity index (χ0n) is 17.8. The summed E-state index contributed by atoms with van der Waals surface area (Å²) in [4.78, 5) is 0. The number of halogens is 1. The number of methoxy groups -OCH3 is 1. The van der Waals surface area contributed by atoms with Gasteiger partial charge in [0.05, 0.1) is 7.11 Å². The van der Waals surface area contributed by atoms with Crippen molar-refractivity contribution in [1.82, 2.24) is 0 Å². The quantitative estimate of drug-likeness (QED) is 0.487. The van der Waals surface area contributed by atoms with Gasteiger partial charge in [-0.15, -0.1) is 0 Å². The van der Waals surface area contributed by atoms with E-state index in [1.165, 1.54) is 74.3 Å². The lowest BCUT2D eigenvalue weighted by atomic mass is 9.77. The highest BCUT2D eigenvalue weighted by atomic mass is 19.1. The van der Waals surface area contributed by atoms with E-state index in [0.29, 0.717) is 5.75 Å². The minimum absolute atomic E-state index is 0.284. The van der Waals surface area contributed by atoms with Crippen LogP contribution in [0.5, 0.6) is 5.75 Å². The van der Waals surface area contributed by atoms with Gasteiger partial charge in [0.2, 0.25) is 0 Å². The smallest absolute Gasteiger partial charge is 0.165 e. The monoisotopic (exact) mass is 392 g/mol. The number of fused-ring (bicyclic) bond motifs is 1. The molecule has 4 rings (SSSR count). The molecule has 29 heavy (non-hydrogen) atoms. The van der Waals surface area contributed by atoms with E-state index in [2.05, 4.69) is 37.3 Å². The second-order valence-corrected chi connectivity index (χ2v) is 8.84. The highest BCUT2D eigenvalue weighted by molar-refractivity contribution is 5.84. The Hall–Kier alpha value is -2.09. The van der Waals surface area contributed by atoms with Crippen LogP contribution in [0.1, 0.15) is 86.5 Å². The summed E-state index contributed by atoms with van der Waals surface area (Å²) < 4.78 is 19.2. The third kappa shape index (κ3) is 4.57. The molecule has 0 aliphatic heterocycles. The third-order valence-corrected chi connectivity index (χ3v) is 6.97. The van der Waals surface area contributed by atoms with Crippen molar-refractivity contribution in [2.24, 2.45) is 5.92 Å². The SMILES string of the molecule is CCCCC1CCC(c2ccc(C3=Cc4cc(F)c(OC)cc4CC3)cc2)CC1. The average Bonchev–Trinajstić information content (AvgIpc) is 2.77. The van der Waals surface area contributed by atoms with E-state index in [4.69, 9.17) is 4.74 Å². The zero-order chi connectivity index (χ0) is 20.2. The van der Waals surface area contributed by atoms with E-state index in [0.717, 1.165) is 30.2 Å². The molecule has 0 spiro atoms. The Labute approximate surface area is 175 Å². The summed E-state index contributed by atoms with van der Waals surface area (Å²) >= 11 is 0. The molecule has 2 aliphatic rings. The molecular weight excluding hydrogens is 359 g/mol. The van der Waals surface area contributed by atoms with Crippen molar-refractivity contribution in [2.75, 3.05) is 7.11 Å². The second kappa shape index (κ2) is 9.15. The minimum atomic E-state index is -0.284. The molecule has 1 nitrogen and oxygen atoms in total. The van der Waals surface area contributed by atoms with Crippen molar-refractivity contribution in [1.29, 1.82) is 0 Å². The van der Waals surface area contributed by atoms with Gasteiger partial charge in [-0.05, 0) is 90.3 Å². The lowest BCUT2D eigenvalue weighted by Crippen LogP contribution is -2.13. The van der Waals surface area contributed by atoms with E-state index in [1.54, 1.807) is 6.07 Å². The molecule has 2 heteroatoms. The predicted octanol–water partition coefficient (Wildman–Crippen LogP) is 7.79. The second-order valence-electron chi connectivity index (χ2n) is 8.84.